The van der Waals surface area contributed by atoms with E-state index in [1.54, 1.807) is 7.11 Å². The molecule has 1 aromatic heterocycles. The zero-order chi connectivity index (χ0) is 15.1. The molecule has 0 spiro atoms. The topological polar surface area (TPSA) is 86.5 Å². The van der Waals surface area contributed by atoms with Gasteiger partial charge in [-0.15, -0.1) is 0 Å². The number of hydrogen-bond acceptors (Lipinski definition) is 5. The molecule has 0 saturated heterocycles. The van der Waals surface area contributed by atoms with Gasteiger partial charge in [0, 0.05) is 18.5 Å². The average Bonchev–Trinajstić information content (AvgIpc) is 2.49. The van der Waals surface area contributed by atoms with Crippen LogP contribution in [0.5, 0.6) is 5.75 Å². The lowest BCUT2D eigenvalue weighted by molar-refractivity contribution is -0.122. The highest BCUT2D eigenvalue weighted by atomic mass is 16.5. The van der Waals surface area contributed by atoms with Crippen molar-refractivity contribution in [2.75, 3.05) is 26.9 Å². The molecule has 0 atom stereocenters. The van der Waals surface area contributed by atoms with Crippen molar-refractivity contribution in [1.82, 2.24) is 10.3 Å². The number of nitrogens with zero attached hydrogens (tertiary/aromatic N) is 1. The number of methoxy groups -OCH3 is 1. The number of pyridine rings is 1. The number of fused-ring (bicyclic) bond motifs is 1. The molecule has 0 saturated carbocycles. The Kier molecular flexibility index (Phi) is 5.48. The first-order valence-electron chi connectivity index (χ1n) is 6.70. The predicted octanol–water partition coefficient (Wildman–Crippen LogP) is 0.835. The first-order valence-corrected chi connectivity index (χ1v) is 6.70. The number of nitrogens with two attached hydrogens (primary N) is 1. The molecule has 0 radical (unpaired) electrons. The molecule has 1 heterocycles. The molecule has 2 rings (SSSR count). The first-order chi connectivity index (χ1) is 10.2. The maximum Gasteiger partial charge on any atom is 0.243 e. The number of amides is 1. The summed E-state index contributed by atoms with van der Waals surface area (Å²) in [6.07, 6.45) is 0. The van der Waals surface area contributed by atoms with Crippen molar-refractivity contribution in [3.63, 3.8) is 0 Å². The highest BCUT2D eigenvalue weighted by Crippen LogP contribution is 2.23. The van der Waals surface area contributed by atoms with Crippen LogP contribution in [0.2, 0.25) is 0 Å². The van der Waals surface area contributed by atoms with Crippen LogP contribution < -0.4 is 15.8 Å². The Morgan fingerprint density at radius 1 is 1.33 bits per heavy atom. The maximum atomic E-state index is 10.5. The van der Waals surface area contributed by atoms with Crippen LogP contribution in [-0.4, -0.2) is 37.8 Å². The van der Waals surface area contributed by atoms with Crippen molar-refractivity contribution in [2.24, 2.45) is 5.73 Å². The number of aromatic nitrogens is 1. The van der Waals surface area contributed by atoms with Crippen molar-refractivity contribution in [3.05, 3.63) is 36.0 Å². The van der Waals surface area contributed by atoms with Gasteiger partial charge in [-0.25, -0.2) is 4.98 Å². The van der Waals surface area contributed by atoms with E-state index in [0.29, 0.717) is 19.7 Å². The maximum absolute atomic E-state index is 10.5. The molecule has 6 heteroatoms. The van der Waals surface area contributed by atoms with Gasteiger partial charge in [-0.2, -0.15) is 0 Å². The standard InChI is InChI=1S/C15H19N3O3/c1-20-13-4-2-3-11-5-6-12(18-15(11)13)9-17-7-8-21-10-14(16)19/h2-6,17H,7-10H2,1H3,(H2,16,19). The van der Waals surface area contributed by atoms with Crippen LogP contribution in [0, 0.1) is 0 Å². The minimum atomic E-state index is -0.460. The summed E-state index contributed by atoms with van der Waals surface area (Å²) < 4.78 is 10.4. The fraction of sp³-hybridized carbons (Fsp3) is 0.333. The number of rotatable bonds is 8. The van der Waals surface area contributed by atoms with Gasteiger partial charge >= 0.3 is 0 Å². The van der Waals surface area contributed by atoms with E-state index in [2.05, 4.69) is 10.3 Å². The molecule has 2 aromatic rings. The van der Waals surface area contributed by atoms with E-state index in [-0.39, 0.29) is 6.61 Å². The highest BCUT2D eigenvalue weighted by molar-refractivity contribution is 5.84. The molecular weight excluding hydrogens is 270 g/mol. The Balaban J connectivity index is 1.89. The van der Waals surface area contributed by atoms with E-state index in [0.717, 1.165) is 22.3 Å². The second-order valence-corrected chi connectivity index (χ2v) is 4.53. The van der Waals surface area contributed by atoms with Crippen LogP contribution in [0.3, 0.4) is 0 Å². The summed E-state index contributed by atoms with van der Waals surface area (Å²) in [5.74, 6) is 0.303. The van der Waals surface area contributed by atoms with Crippen molar-refractivity contribution in [2.45, 2.75) is 6.54 Å². The third kappa shape index (κ3) is 4.40. The summed E-state index contributed by atoms with van der Waals surface area (Å²) in [4.78, 5) is 15.1. The van der Waals surface area contributed by atoms with Gasteiger partial charge in [0.2, 0.25) is 5.91 Å². The van der Waals surface area contributed by atoms with Gasteiger partial charge in [0.1, 0.15) is 17.9 Å². The zero-order valence-corrected chi connectivity index (χ0v) is 12.0. The van der Waals surface area contributed by atoms with Crippen LogP contribution >= 0.6 is 0 Å². The van der Waals surface area contributed by atoms with E-state index in [4.69, 9.17) is 15.2 Å². The molecule has 1 aromatic carbocycles. The normalized spacial score (nSPS) is 10.7. The summed E-state index contributed by atoms with van der Waals surface area (Å²) in [6.45, 7) is 1.62. The highest BCUT2D eigenvalue weighted by Gasteiger charge is 2.04. The lowest BCUT2D eigenvalue weighted by atomic mass is 10.2. The van der Waals surface area contributed by atoms with Crippen LogP contribution in [0.15, 0.2) is 30.3 Å². The SMILES string of the molecule is COc1cccc2ccc(CNCCOCC(N)=O)nc12. The molecule has 0 fully saturated rings. The molecular formula is C15H19N3O3. The molecule has 0 bridgehead atoms. The average molecular weight is 289 g/mol. The second kappa shape index (κ2) is 7.56. The van der Waals surface area contributed by atoms with Crippen LogP contribution in [0.25, 0.3) is 10.9 Å². The summed E-state index contributed by atoms with van der Waals surface area (Å²) >= 11 is 0. The van der Waals surface area contributed by atoms with Gasteiger partial charge in [-0.05, 0) is 12.1 Å². The van der Waals surface area contributed by atoms with Gasteiger partial charge in [-0.3, -0.25) is 4.79 Å². The Bertz CT molecular complexity index is 616. The van der Waals surface area contributed by atoms with E-state index in [1.165, 1.54) is 0 Å². The van der Waals surface area contributed by atoms with Crippen molar-refractivity contribution in [1.29, 1.82) is 0 Å². The summed E-state index contributed by atoms with van der Waals surface area (Å²) in [6, 6.07) is 9.82. The fourth-order valence-corrected chi connectivity index (χ4v) is 1.96. The van der Waals surface area contributed by atoms with Crippen molar-refractivity contribution >= 4 is 16.8 Å². The third-order valence-corrected chi connectivity index (χ3v) is 2.93. The Labute approximate surface area is 123 Å². The fourth-order valence-electron chi connectivity index (χ4n) is 1.96. The number of primary amides is 1. The minimum Gasteiger partial charge on any atom is -0.494 e. The van der Waals surface area contributed by atoms with Crippen molar-refractivity contribution in [3.8, 4) is 5.75 Å². The minimum absolute atomic E-state index is 0.0485. The van der Waals surface area contributed by atoms with Gasteiger partial charge in [0.25, 0.3) is 0 Å². The number of para-hydroxylation sites is 1. The molecule has 112 valence electrons. The molecule has 0 unspecified atom stereocenters. The van der Waals surface area contributed by atoms with Gasteiger partial charge in [0.15, 0.2) is 0 Å². The molecule has 3 N–H and O–H groups in total. The number of hydrogen-bond donors (Lipinski definition) is 2. The number of nitrogens with one attached hydrogen (secondary N) is 1. The number of carbonyl (C=O) groups excluding carboxylic acids is 1. The molecule has 0 aliphatic heterocycles. The van der Waals surface area contributed by atoms with Crippen LogP contribution in [-0.2, 0) is 16.1 Å². The lowest BCUT2D eigenvalue weighted by Crippen LogP contribution is -2.24. The Morgan fingerprint density at radius 2 is 2.19 bits per heavy atom. The molecule has 0 aliphatic rings. The van der Waals surface area contributed by atoms with E-state index in [9.17, 15) is 4.79 Å². The quantitative estimate of drug-likeness (QED) is 0.703. The van der Waals surface area contributed by atoms with E-state index >= 15 is 0 Å². The van der Waals surface area contributed by atoms with E-state index < -0.39 is 5.91 Å². The van der Waals surface area contributed by atoms with E-state index in [1.807, 2.05) is 30.3 Å². The second-order valence-electron chi connectivity index (χ2n) is 4.53. The first kappa shape index (κ1) is 15.2. The van der Waals surface area contributed by atoms with Crippen LogP contribution in [0.1, 0.15) is 5.69 Å². The monoisotopic (exact) mass is 289 g/mol. The Morgan fingerprint density at radius 3 is 2.95 bits per heavy atom. The Hall–Kier alpha value is -2.18. The number of ether oxygens (including phenoxy) is 2. The van der Waals surface area contributed by atoms with Gasteiger partial charge in [-0.1, -0.05) is 18.2 Å². The molecule has 6 nitrogen and oxygen atoms in total. The number of benzene rings is 1. The third-order valence-electron chi connectivity index (χ3n) is 2.93. The predicted molar refractivity (Wildman–Crippen MR) is 80.0 cm³/mol. The largest absolute Gasteiger partial charge is 0.494 e. The van der Waals surface area contributed by atoms with Crippen LogP contribution in [0.4, 0.5) is 0 Å². The summed E-state index contributed by atoms with van der Waals surface area (Å²) in [5, 5.41) is 4.24. The smallest absolute Gasteiger partial charge is 0.243 e. The molecule has 1 amide bonds. The molecule has 21 heavy (non-hydrogen) atoms. The van der Waals surface area contributed by atoms with Gasteiger partial charge < -0.3 is 20.5 Å². The zero-order valence-electron chi connectivity index (χ0n) is 12.0. The van der Waals surface area contributed by atoms with Crippen molar-refractivity contribution < 1.29 is 14.3 Å². The lowest BCUT2D eigenvalue weighted by Gasteiger charge is -2.08. The number of carbonyl (C=O) groups is 1. The molecule has 0 aliphatic carbocycles. The van der Waals surface area contributed by atoms with Gasteiger partial charge in [0.05, 0.1) is 19.4 Å². The summed E-state index contributed by atoms with van der Waals surface area (Å²) in [5.41, 5.74) is 6.74. The summed E-state index contributed by atoms with van der Waals surface area (Å²) in [7, 11) is 1.64.